The second kappa shape index (κ2) is 10.8. The molecule has 0 N–H and O–H groups in total. The van der Waals surface area contributed by atoms with Gasteiger partial charge in [0, 0.05) is 13.6 Å². The molecule has 1 atom stereocenters. The molecular weight excluding hydrogens is 390 g/mol. The minimum Gasteiger partial charge on any atom is -0.460 e. The standard InChI is InChI=1S/C26H33NO4/c1-6-26(19-21-13-9-7-10-14-21,17-18-27(5)24(29)31-25(2,3)4)23(28)30-20-22-15-11-8-12-16-22/h6-16H,1,17-20H2,2-5H3. The Bertz CT molecular complexity index is 858. The van der Waals surface area contributed by atoms with Crippen molar-refractivity contribution in [3.63, 3.8) is 0 Å². The Morgan fingerprint density at radius 3 is 2.03 bits per heavy atom. The molecule has 0 saturated heterocycles. The van der Waals surface area contributed by atoms with Crippen LogP contribution in [0.2, 0.25) is 0 Å². The first kappa shape index (κ1) is 24.2. The van der Waals surface area contributed by atoms with Crippen LogP contribution in [-0.2, 0) is 27.3 Å². The number of rotatable bonds is 9. The molecule has 1 amide bonds. The maximum absolute atomic E-state index is 13.3. The third kappa shape index (κ3) is 7.59. The van der Waals surface area contributed by atoms with Crippen LogP contribution in [0.25, 0.3) is 0 Å². The van der Waals surface area contributed by atoms with E-state index in [0.717, 1.165) is 11.1 Å². The molecule has 0 fully saturated rings. The van der Waals surface area contributed by atoms with E-state index >= 15 is 0 Å². The van der Waals surface area contributed by atoms with E-state index in [0.29, 0.717) is 19.4 Å². The average Bonchev–Trinajstić information content (AvgIpc) is 2.75. The van der Waals surface area contributed by atoms with Gasteiger partial charge in [-0.2, -0.15) is 0 Å². The van der Waals surface area contributed by atoms with Gasteiger partial charge in [0.15, 0.2) is 0 Å². The van der Waals surface area contributed by atoms with Crippen LogP contribution in [0.5, 0.6) is 0 Å². The fraction of sp³-hybridized carbons (Fsp3) is 0.385. The van der Waals surface area contributed by atoms with Gasteiger partial charge in [0.25, 0.3) is 0 Å². The smallest absolute Gasteiger partial charge is 0.410 e. The summed E-state index contributed by atoms with van der Waals surface area (Å²) < 4.78 is 11.1. The van der Waals surface area contributed by atoms with E-state index in [2.05, 4.69) is 6.58 Å². The Hall–Kier alpha value is -3.08. The molecule has 5 heteroatoms. The molecule has 0 radical (unpaired) electrons. The van der Waals surface area contributed by atoms with E-state index in [1.165, 1.54) is 4.90 Å². The molecule has 31 heavy (non-hydrogen) atoms. The summed E-state index contributed by atoms with van der Waals surface area (Å²) >= 11 is 0. The molecule has 0 aliphatic carbocycles. The fourth-order valence-electron chi connectivity index (χ4n) is 3.15. The van der Waals surface area contributed by atoms with Crippen LogP contribution in [-0.4, -0.2) is 36.2 Å². The minimum atomic E-state index is -0.966. The largest absolute Gasteiger partial charge is 0.460 e. The molecule has 0 saturated carbocycles. The predicted molar refractivity (Wildman–Crippen MR) is 122 cm³/mol. The summed E-state index contributed by atoms with van der Waals surface area (Å²) in [5.41, 5.74) is 0.365. The first-order valence-electron chi connectivity index (χ1n) is 10.5. The van der Waals surface area contributed by atoms with Gasteiger partial charge in [-0.3, -0.25) is 4.79 Å². The van der Waals surface area contributed by atoms with Crippen LogP contribution in [0, 0.1) is 5.41 Å². The Labute approximate surface area is 185 Å². The Morgan fingerprint density at radius 1 is 0.968 bits per heavy atom. The molecule has 0 aliphatic rings. The van der Waals surface area contributed by atoms with E-state index in [1.54, 1.807) is 13.1 Å². The summed E-state index contributed by atoms with van der Waals surface area (Å²) in [6.45, 7) is 9.93. The molecule has 0 spiro atoms. The number of nitrogens with zero attached hydrogens (tertiary/aromatic N) is 1. The maximum Gasteiger partial charge on any atom is 0.410 e. The van der Waals surface area contributed by atoms with E-state index in [1.807, 2.05) is 81.4 Å². The summed E-state index contributed by atoms with van der Waals surface area (Å²) in [6, 6.07) is 19.3. The number of benzene rings is 2. The molecule has 2 aromatic carbocycles. The molecule has 0 aromatic heterocycles. The van der Waals surface area contributed by atoms with Crippen LogP contribution >= 0.6 is 0 Å². The van der Waals surface area contributed by atoms with Gasteiger partial charge in [-0.25, -0.2) is 4.79 Å². The zero-order valence-electron chi connectivity index (χ0n) is 19.0. The molecule has 0 aliphatic heterocycles. The number of esters is 1. The van der Waals surface area contributed by atoms with E-state index in [-0.39, 0.29) is 12.6 Å². The van der Waals surface area contributed by atoms with E-state index in [4.69, 9.17) is 9.47 Å². The molecule has 0 heterocycles. The van der Waals surface area contributed by atoms with Gasteiger partial charge in [-0.05, 0) is 44.7 Å². The van der Waals surface area contributed by atoms with Crippen molar-refractivity contribution in [3.8, 4) is 0 Å². The third-order valence-electron chi connectivity index (χ3n) is 4.97. The zero-order chi connectivity index (χ0) is 22.9. The normalized spacial score (nSPS) is 13.0. The van der Waals surface area contributed by atoms with Crippen molar-refractivity contribution < 1.29 is 19.1 Å². The second-order valence-electron chi connectivity index (χ2n) is 8.74. The first-order chi connectivity index (χ1) is 14.6. The minimum absolute atomic E-state index is 0.186. The highest BCUT2D eigenvalue weighted by atomic mass is 16.6. The van der Waals surface area contributed by atoms with Crippen molar-refractivity contribution in [2.75, 3.05) is 13.6 Å². The van der Waals surface area contributed by atoms with Crippen molar-refractivity contribution in [1.82, 2.24) is 4.90 Å². The van der Waals surface area contributed by atoms with Crippen LogP contribution in [0.15, 0.2) is 73.3 Å². The Morgan fingerprint density at radius 2 is 1.52 bits per heavy atom. The first-order valence-corrected chi connectivity index (χ1v) is 10.5. The quantitative estimate of drug-likeness (QED) is 0.400. The average molecular weight is 424 g/mol. The van der Waals surface area contributed by atoms with E-state index in [9.17, 15) is 9.59 Å². The number of ether oxygens (including phenoxy) is 2. The lowest BCUT2D eigenvalue weighted by Crippen LogP contribution is -2.40. The van der Waals surface area contributed by atoms with Gasteiger partial charge >= 0.3 is 12.1 Å². The van der Waals surface area contributed by atoms with Crippen molar-refractivity contribution in [2.24, 2.45) is 5.41 Å². The number of carbonyl (C=O) groups excluding carboxylic acids is 2. The second-order valence-corrected chi connectivity index (χ2v) is 8.74. The molecule has 2 rings (SSSR count). The van der Waals surface area contributed by atoms with Crippen LogP contribution in [0.4, 0.5) is 4.79 Å². The van der Waals surface area contributed by atoms with Crippen molar-refractivity contribution in [3.05, 3.63) is 84.4 Å². The SMILES string of the molecule is C=CC(CCN(C)C(=O)OC(C)(C)C)(Cc1ccccc1)C(=O)OCc1ccccc1. The zero-order valence-corrected chi connectivity index (χ0v) is 19.0. The maximum atomic E-state index is 13.3. The van der Waals surface area contributed by atoms with Gasteiger partial charge in [0.2, 0.25) is 0 Å². The highest BCUT2D eigenvalue weighted by Crippen LogP contribution is 2.31. The lowest BCUT2D eigenvalue weighted by atomic mass is 9.78. The molecule has 5 nitrogen and oxygen atoms in total. The highest BCUT2D eigenvalue weighted by molar-refractivity contribution is 5.79. The number of amides is 1. The third-order valence-corrected chi connectivity index (χ3v) is 4.97. The summed E-state index contributed by atoms with van der Waals surface area (Å²) in [4.78, 5) is 27.1. The van der Waals surface area contributed by atoms with Gasteiger partial charge in [0.05, 0.1) is 5.41 Å². The predicted octanol–water partition coefficient (Wildman–Crippen LogP) is 5.40. The molecular formula is C26H33NO4. The summed E-state index contributed by atoms with van der Waals surface area (Å²) in [7, 11) is 1.67. The van der Waals surface area contributed by atoms with Gasteiger partial charge in [0.1, 0.15) is 12.2 Å². The summed E-state index contributed by atoms with van der Waals surface area (Å²) in [5.74, 6) is -0.354. The topological polar surface area (TPSA) is 55.8 Å². The summed E-state index contributed by atoms with van der Waals surface area (Å²) in [6.07, 6.45) is 2.03. The Kier molecular flexibility index (Phi) is 8.43. The molecule has 0 bridgehead atoms. The Balaban J connectivity index is 2.16. The van der Waals surface area contributed by atoms with E-state index < -0.39 is 17.1 Å². The van der Waals surface area contributed by atoms with Crippen LogP contribution < -0.4 is 0 Å². The van der Waals surface area contributed by atoms with Crippen molar-refractivity contribution in [2.45, 2.75) is 45.8 Å². The highest BCUT2D eigenvalue weighted by Gasteiger charge is 2.38. The van der Waals surface area contributed by atoms with Crippen molar-refractivity contribution >= 4 is 12.1 Å². The van der Waals surface area contributed by atoms with Gasteiger partial charge < -0.3 is 14.4 Å². The number of hydrogen-bond acceptors (Lipinski definition) is 4. The lowest BCUT2D eigenvalue weighted by molar-refractivity contribution is -0.155. The molecule has 2 aromatic rings. The number of hydrogen-bond donors (Lipinski definition) is 0. The lowest BCUT2D eigenvalue weighted by Gasteiger charge is -2.31. The van der Waals surface area contributed by atoms with Crippen LogP contribution in [0.3, 0.4) is 0 Å². The summed E-state index contributed by atoms with van der Waals surface area (Å²) in [5, 5.41) is 0. The van der Waals surface area contributed by atoms with Crippen LogP contribution in [0.1, 0.15) is 38.3 Å². The molecule has 1 unspecified atom stereocenters. The fourth-order valence-corrected chi connectivity index (χ4v) is 3.15. The van der Waals surface area contributed by atoms with Gasteiger partial charge in [-0.15, -0.1) is 6.58 Å². The number of carbonyl (C=O) groups is 2. The van der Waals surface area contributed by atoms with Gasteiger partial charge in [-0.1, -0.05) is 66.7 Å². The molecule has 166 valence electrons. The van der Waals surface area contributed by atoms with Crippen molar-refractivity contribution in [1.29, 1.82) is 0 Å². The monoisotopic (exact) mass is 423 g/mol.